The number of hydrogen-bond acceptors (Lipinski definition) is 5. The van der Waals surface area contributed by atoms with Crippen molar-refractivity contribution in [2.24, 2.45) is 0 Å². The number of nitrogens with zero attached hydrogens (tertiary/aromatic N) is 4. The zero-order valence-electron chi connectivity index (χ0n) is 24.6. The highest BCUT2D eigenvalue weighted by atomic mass is 16.5. The van der Waals surface area contributed by atoms with Crippen molar-refractivity contribution in [3.05, 3.63) is 173 Å². The first-order chi connectivity index (χ1) is 22.7. The highest BCUT2D eigenvalue weighted by molar-refractivity contribution is 5.90. The Bertz CT molecular complexity index is 2260. The summed E-state index contributed by atoms with van der Waals surface area (Å²) < 4.78 is 6.46. The first-order valence-corrected chi connectivity index (χ1v) is 15.2. The first kappa shape index (κ1) is 26.1. The Morgan fingerprint density at radius 1 is 0.457 bits per heavy atom. The average Bonchev–Trinajstić information content (AvgIpc) is 3.41. The molecular weight excluding hydrogens is 564 g/mol. The summed E-state index contributed by atoms with van der Waals surface area (Å²) in [7, 11) is 0. The molecule has 46 heavy (non-hydrogen) atoms. The smallest absolute Gasteiger partial charge is 0.164 e. The summed E-state index contributed by atoms with van der Waals surface area (Å²) in [6.45, 7) is 0. The van der Waals surface area contributed by atoms with Crippen LogP contribution in [0.4, 0.5) is 0 Å². The van der Waals surface area contributed by atoms with E-state index in [1.54, 1.807) is 0 Å². The van der Waals surface area contributed by atoms with Crippen molar-refractivity contribution in [3.63, 3.8) is 0 Å². The van der Waals surface area contributed by atoms with Crippen molar-refractivity contribution < 1.29 is 4.74 Å². The van der Waals surface area contributed by atoms with Crippen molar-refractivity contribution >= 4 is 0 Å². The van der Waals surface area contributed by atoms with Gasteiger partial charge in [0, 0.05) is 27.8 Å². The lowest BCUT2D eigenvalue weighted by Crippen LogP contribution is -2.32. The van der Waals surface area contributed by atoms with Crippen LogP contribution >= 0.6 is 0 Å². The summed E-state index contributed by atoms with van der Waals surface area (Å²) in [4.78, 5) is 14.9. The average molecular weight is 589 g/mol. The van der Waals surface area contributed by atoms with Crippen LogP contribution in [0.25, 0.3) is 45.3 Å². The van der Waals surface area contributed by atoms with E-state index < -0.39 is 5.41 Å². The second-order valence-corrected chi connectivity index (χ2v) is 11.5. The minimum absolute atomic E-state index is 0.597. The minimum Gasteiger partial charge on any atom is -0.457 e. The normalized spacial score (nSPS) is 13.1. The van der Waals surface area contributed by atoms with Gasteiger partial charge in [0.1, 0.15) is 11.5 Å². The van der Waals surface area contributed by atoms with Crippen LogP contribution in [0.3, 0.4) is 0 Å². The summed E-state index contributed by atoms with van der Waals surface area (Å²) in [5.74, 6) is 3.45. The van der Waals surface area contributed by atoms with Crippen LogP contribution in [0.1, 0.15) is 27.8 Å². The highest BCUT2D eigenvalue weighted by Crippen LogP contribution is 2.62. The fourth-order valence-corrected chi connectivity index (χ4v) is 7.05. The quantitative estimate of drug-likeness (QED) is 0.206. The Labute approximate surface area is 266 Å². The molecule has 0 unspecified atom stereocenters. The molecule has 1 aromatic heterocycles. The molecule has 2 heterocycles. The lowest BCUT2D eigenvalue weighted by Gasteiger charge is -2.39. The summed E-state index contributed by atoms with van der Waals surface area (Å²) in [6, 6.07) is 51.3. The third-order valence-electron chi connectivity index (χ3n) is 9.03. The summed E-state index contributed by atoms with van der Waals surface area (Å²) in [6.07, 6.45) is 0. The molecule has 0 amide bonds. The van der Waals surface area contributed by atoms with Gasteiger partial charge >= 0.3 is 0 Å². The van der Waals surface area contributed by atoms with Crippen molar-refractivity contribution in [2.75, 3.05) is 0 Å². The van der Waals surface area contributed by atoms with Gasteiger partial charge in [-0.05, 0) is 52.6 Å². The third-order valence-corrected chi connectivity index (χ3v) is 9.03. The fourth-order valence-electron chi connectivity index (χ4n) is 7.05. The molecule has 0 saturated heterocycles. The number of ether oxygens (including phenoxy) is 1. The van der Waals surface area contributed by atoms with E-state index in [9.17, 15) is 5.26 Å². The maximum Gasteiger partial charge on any atom is 0.164 e. The summed E-state index contributed by atoms with van der Waals surface area (Å²) in [5, 5.41) is 10.00. The topological polar surface area (TPSA) is 71.7 Å². The molecule has 0 saturated carbocycles. The number of rotatable bonds is 3. The Hall–Kier alpha value is -6.38. The monoisotopic (exact) mass is 588 g/mol. The molecule has 5 nitrogen and oxygen atoms in total. The van der Waals surface area contributed by atoms with E-state index in [1.165, 1.54) is 0 Å². The molecule has 6 aromatic carbocycles. The second kappa shape index (κ2) is 10.1. The van der Waals surface area contributed by atoms with Gasteiger partial charge in [0.05, 0.1) is 17.0 Å². The van der Waals surface area contributed by atoms with Gasteiger partial charge in [0.25, 0.3) is 0 Å². The maximum atomic E-state index is 10.00. The van der Waals surface area contributed by atoms with Crippen LogP contribution in [0.15, 0.2) is 146 Å². The molecule has 1 aliphatic heterocycles. The van der Waals surface area contributed by atoms with Crippen molar-refractivity contribution in [3.8, 4) is 62.9 Å². The molecule has 7 aromatic rings. The first-order valence-electron chi connectivity index (χ1n) is 15.2. The molecule has 2 aliphatic rings. The number of benzene rings is 6. The Morgan fingerprint density at radius 2 is 1.00 bits per heavy atom. The summed E-state index contributed by atoms with van der Waals surface area (Å²) >= 11 is 0. The Kier molecular flexibility index (Phi) is 5.71. The van der Waals surface area contributed by atoms with Gasteiger partial charge in [0.15, 0.2) is 17.5 Å². The van der Waals surface area contributed by atoms with E-state index in [0.29, 0.717) is 23.0 Å². The number of aromatic nitrogens is 3. The third kappa shape index (κ3) is 3.77. The molecule has 0 N–H and O–H groups in total. The van der Waals surface area contributed by atoms with Crippen LogP contribution in [-0.2, 0) is 5.41 Å². The molecule has 1 spiro atoms. The predicted molar refractivity (Wildman–Crippen MR) is 178 cm³/mol. The van der Waals surface area contributed by atoms with Crippen molar-refractivity contribution in [1.82, 2.24) is 15.0 Å². The van der Waals surface area contributed by atoms with Crippen molar-refractivity contribution in [1.29, 1.82) is 5.26 Å². The highest BCUT2D eigenvalue weighted by Gasteiger charge is 2.51. The molecule has 9 rings (SSSR count). The largest absolute Gasteiger partial charge is 0.457 e. The van der Waals surface area contributed by atoms with Gasteiger partial charge < -0.3 is 4.74 Å². The summed E-state index contributed by atoms with van der Waals surface area (Å²) in [5.41, 5.74) is 9.13. The van der Waals surface area contributed by atoms with Crippen LogP contribution in [0.5, 0.6) is 11.5 Å². The lowest BCUT2D eigenvalue weighted by atomic mass is 9.66. The zero-order chi connectivity index (χ0) is 30.7. The molecular formula is C41H24N4O. The SMILES string of the molecule is N#Cc1ccc2c(c1)C1(c3ccccc3Oc3ccccc31)c1ccc(-c3nc(-c4ccccc4)nc(-c4ccccc4)n3)cc1-2. The molecule has 0 atom stereocenters. The standard InChI is InChI=1S/C41H24N4O/c42-25-26-19-21-30-31-24-29(40-44-38(27-11-3-1-4-12-27)43-39(45-40)28-13-5-2-6-14-28)20-22-32(31)41(35(30)23-26)33-15-7-9-17-36(33)46-37-18-10-8-16-34(37)41/h1-24H. The van der Waals surface area contributed by atoms with Crippen LogP contribution in [-0.4, -0.2) is 15.0 Å². The van der Waals surface area contributed by atoms with Gasteiger partial charge in [0.2, 0.25) is 0 Å². The number of hydrogen-bond donors (Lipinski definition) is 0. The minimum atomic E-state index is -0.662. The van der Waals surface area contributed by atoms with Gasteiger partial charge in [-0.25, -0.2) is 15.0 Å². The van der Waals surface area contributed by atoms with Crippen molar-refractivity contribution in [2.45, 2.75) is 5.41 Å². The second-order valence-electron chi connectivity index (χ2n) is 11.5. The van der Waals surface area contributed by atoms with E-state index >= 15 is 0 Å². The number of fused-ring (bicyclic) bond motifs is 9. The molecule has 0 bridgehead atoms. The molecule has 1 aliphatic carbocycles. The van der Waals surface area contributed by atoms with Gasteiger partial charge in [-0.3, -0.25) is 0 Å². The zero-order valence-corrected chi connectivity index (χ0v) is 24.6. The van der Waals surface area contributed by atoms with Gasteiger partial charge in [-0.2, -0.15) is 5.26 Å². The van der Waals surface area contributed by atoms with E-state index in [-0.39, 0.29) is 0 Å². The van der Waals surface area contributed by atoms with Crippen LogP contribution in [0, 0.1) is 11.3 Å². The molecule has 0 fully saturated rings. The maximum absolute atomic E-state index is 10.00. The Morgan fingerprint density at radius 3 is 1.59 bits per heavy atom. The molecule has 0 radical (unpaired) electrons. The predicted octanol–water partition coefficient (Wildman–Crippen LogP) is 9.21. The lowest BCUT2D eigenvalue weighted by molar-refractivity contribution is 0.436. The van der Waals surface area contributed by atoms with E-state index in [0.717, 1.165) is 61.6 Å². The fraction of sp³-hybridized carbons (Fsp3) is 0.0244. The van der Waals surface area contributed by atoms with Gasteiger partial charge in [-0.1, -0.05) is 115 Å². The van der Waals surface area contributed by atoms with E-state index in [2.05, 4.69) is 54.6 Å². The van der Waals surface area contributed by atoms with Crippen LogP contribution in [0.2, 0.25) is 0 Å². The van der Waals surface area contributed by atoms with Gasteiger partial charge in [-0.15, -0.1) is 0 Å². The number of nitriles is 1. The van der Waals surface area contributed by atoms with E-state index in [4.69, 9.17) is 19.7 Å². The van der Waals surface area contributed by atoms with E-state index in [1.807, 2.05) is 97.1 Å². The number of para-hydroxylation sites is 2. The van der Waals surface area contributed by atoms with Crippen LogP contribution < -0.4 is 4.74 Å². The Balaban J connectivity index is 1.32. The molecule has 5 heteroatoms. The molecule has 214 valence electrons.